The maximum atomic E-state index is 13.7. The molecule has 1 rings (SSSR count). The van der Waals surface area contributed by atoms with E-state index < -0.39 is 17.2 Å². The van der Waals surface area contributed by atoms with E-state index in [4.69, 9.17) is 4.74 Å². The average molecular weight is 328 g/mol. The number of halogens is 2. The van der Waals surface area contributed by atoms with Gasteiger partial charge in [0.15, 0.2) is 0 Å². The second-order valence-corrected chi connectivity index (χ2v) is 6.40. The van der Waals surface area contributed by atoms with Crippen LogP contribution in [0.25, 0.3) is 0 Å². The van der Waals surface area contributed by atoms with Crippen LogP contribution in [-0.2, 0) is 4.74 Å². The predicted octanol–water partition coefficient (Wildman–Crippen LogP) is 3.87. The highest BCUT2D eigenvalue weighted by atomic mass is 19.1. The van der Waals surface area contributed by atoms with E-state index in [1.165, 1.54) is 12.1 Å². The summed E-state index contributed by atoms with van der Waals surface area (Å²) in [7, 11) is 0. The molecule has 0 aliphatic rings. The molecule has 0 radical (unpaired) electrons. The summed E-state index contributed by atoms with van der Waals surface area (Å²) in [6, 6.07) is 3.24. The third kappa shape index (κ3) is 6.52. The minimum Gasteiger partial charge on any atom is -0.444 e. The Morgan fingerprint density at radius 2 is 2.00 bits per heavy atom. The number of carbonyl (C=O) groups excluding carboxylic acids is 1. The number of nitrogens with one attached hydrogen (secondary N) is 1. The Hall–Kier alpha value is -1.69. The van der Waals surface area contributed by atoms with E-state index in [-0.39, 0.29) is 12.1 Å². The predicted molar refractivity (Wildman–Crippen MR) is 86.3 cm³/mol. The first-order valence-corrected chi connectivity index (χ1v) is 7.80. The van der Waals surface area contributed by atoms with Crippen LogP contribution in [0.5, 0.6) is 0 Å². The van der Waals surface area contributed by atoms with Crippen molar-refractivity contribution in [2.45, 2.75) is 46.3 Å². The summed E-state index contributed by atoms with van der Waals surface area (Å²) in [5.74, 6) is -1.18. The normalized spacial score (nSPS) is 12.8. The zero-order valence-corrected chi connectivity index (χ0v) is 14.5. The van der Waals surface area contributed by atoms with Gasteiger partial charge < -0.3 is 15.0 Å². The van der Waals surface area contributed by atoms with Crippen molar-refractivity contribution >= 4 is 6.09 Å². The van der Waals surface area contributed by atoms with Crippen LogP contribution in [0.2, 0.25) is 0 Å². The fourth-order valence-corrected chi connectivity index (χ4v) is 2.08. The molecule has 0 heterocycles. The van der Waals surface area contributed by atoms with Gasteiger partial charge in [-0.1, -0.05) is 6.07 Å². The topological polar surface area (TPSA) is 41.6 Å². The Kier molecular flexibility index (Phi) is 6.94. The number of amides is 1. The van der Waals surface area contributed by atoms with Crippen molar-refractivity contribution in [1.29, 1.82) is 0 Å². The molecular formula is C17H26F2N2O2. The number of benzene rings is 1. The van der Waals surface area contributed by atoms with E-state index in [0.717, 1.165) is 6.07 Å². The molecule has 1 aromatic carbocycles. The molecule has 1 N–H and O–H groups in total. The zero-order chi connectivity index (χ0) is 17.6. The highest BCUT2D eigenvalue weighted by Gasteiger charge is 2.21. The summed E-state index contributed by atoms with van der Waals surface area (Å²) in [6.45, 7) is 10.6. The second kappa shape index (κ2) is 8.24. The molecule has 0 aliphatic carbocycles. The van der Waals surface area contributed by atoms with Gasteiger partial charge in [-0.15, -0.1) is 0 Å². The van der Waals surface area contributed by atoms with Gasteiger partial charge in [0.25, 0.3) is 0 Å². The van der Waals surface area contributed by atoms with Crippen molar-refractivity contribution in [3.63, 3.8) is 0 Å². The van der Waals surface area contributed by atoms with Crippen molar-refractivity contribution in [2.24, 2.45) is 0 Å². The number of carbonyl (C=O) groups is 1. The molecule has 6 heteroatoms. The summed E-state index contributed by atoms with van der Waals surface area (Å²) >= 11 is 0. The van der Waals surface area contributed by atoms with Gasteiger partial charge in [0.2, 0.25) is 0 Å². The second-order valence-electron chi connectivity index (χ2n) is 6.40. The highest BCUT2D eigenvalue weighted by Crippen LogP contribution is 2.17. The molecule has 0 saturated carbocycles. The van der Waals surface area contributed by atoms with Crippen LogP contribution >= 0.6 is 0 Å². The van der Waals surface area contributed by atoms with Crippen molar-refractivity contribution in [3.05, 3.63) is 35.4 Å². The lowest BCUT2D eigenvalue weighted by Crippen LogP contribution is -2.40. The van der Waals surface area contributed by atoms with E-state index in [1.807, 2.05) is 27.7 Å². The molecule has 0 fully saturated rings. The molecule has 1 atom stereocenters. The molecule has 23 heavy (non-hydrogen) atoms. The maximum absolute atomic E-state index is 13.7. The lowest BCUT2D eigenvalue weighted by Gasteiger charge is -2.27. The third-order valence-corrected chi connectivity index (χ3v) is 3.29. The van der Waals surface area contributed by atoms with Crippen molar-refractivity contribution < 1.29 is 18.3 Å². The van der Waals surface area contributed by atoms with Crippen molar-refractivity contribution in [1.82, 2.24) is 10.2 Å². The summed E-state index contributed by atoms with van der Waals surface area (Å²) in [5, 5.41) is 3.13. The first-order valence-electron chi connectivity index (χ1n) is 7.80. The molecule has 1 amide bonds. The first-order chi connectivity index (χ1) is 10.6. The van der Waals surface area contributed by atoms with Crippen molar-refractivity contribution in [2.75, 3.05) is 19.6 Å². The fraction of sp³-hybridized carbons (Fsp3) is 0.588. The average Bonchev–Trinajstić information content (AvgIpc) is 2.41. The molecule has 4 nitrogen and oxygen atoms in total. The molecule has 0 bridgehead atoms. The van der Waals surface area contributed by atoms with Crippen LogP contribution in [0.1, 0.15) is 46.2 Å². The van der Waals surface area contributed by atoms with E-state index in [9.17, 15) is 13.6 Å². The number of ether oxygens (including phenoxy) is 1. The lowest BCUT2D eigenvalue weighted by atomic mass is 10.1. The Morgan fingerprint density at radius 3 is 2.52 bits per heavy atom. The molecule has 0 aliphatic heterocycles. The molecule has 130 valence electrons. The number of rotatable bonds is 6. The van der Waals surface area contributed by atoms with Gasteiger partial charge in [-0.25, -0.2) is 13.6 Å². The zero-order valence-electron chi connectivity index (χ0n) is 14.5. The molecule has 1 unspecified atom stereocenters. The Labute approximate surface area is 136 Å². The number of hydrogen-bond acceptors (Lipinski definition) is 3. The van der Waals surface area contributed by atoms with E-state index in [2.05, 4.69) is 5.32 Å². The lowest BCUT2D eigenvalue weighted by molar-refractivity contribution is 0.0261. The number of likely N-dealkylation sites (N-methyl/N-ethyl adjacent to an activating group) is 1. The smallest absolute Gasteiger partial charge is 0.410 e. The van der Waals surface area contributed by atoms with E-state index in [0.29, 0.717) is 25.2 Å². The maximum Gasteiger partial charge on any atom is 0.410 e. The number of nitrogens with zero attached hydrogens (tertiary/aromatic N) is 1. The quantitative estimate of drug-likeness (QED) is 0.862. The standard InChI is InChI=1S/C17H26F2N2O2/c1-6-21(16(22)23-17(3,4)5)10-9-20-12(2)14-8-7-13(18)11-15(14)19/h7-8,11-12,20H,6,9-10H2,1-5H3. The van der Waals surface area contributed by atoms with Gasteiger partial charge in [0, 0.05) is 37.3 Å². The fourth-order valence-electron chi connectivity index (χ4n) is 2.08. The number of hydrogen-bond donors (Lipinski definition) is 1. The SMILES string of the molecule is CCN(CCNC(C)c1ccc(F)cc1F)C(=O)OC(C)(C)C. The Morgan fingerprint density at radius 1 is 1.35 bits per heavy atom. The van der Waals surface area contributed by atoms with Crippen LogP contribution in [0.15, 0.2) is 18.2 Å². The molecule has 1 aromatic rings. The van der Waals surface area contributed by atoms with Gasteiger partial charge in [0.1, 0.15) is 17.2 Å². The van der Waals surface area contributed by atoms with Crippen LogP contribution in [0.4, 0.5) is 13.6 Å². The highest BCUT2D eigenvalue weighted by molar-refractivity contribution is 5.68. The van der Waals surface area contributed by atoms with Gasteiger partial charge in [-0.05, 0) is 40.7 Å². The van der Waals surface area contributed by atoms with E-state index in [1.54, 1.807) is 11.8 Å². The van der Waals surface area contributed by atoms with Crippen LogP contribution in [-0.4, -0.2) is 36.2 Å². The summed E-state index contributed by atoms with van der Waals surface area (Å²) in [6.07, 6.45) is -0.373. The Balaban J connectivity index is 2.52. The molecular weight excluding hydrogens is 302 g/mol. The van der Waals surface area contributed by atoms with Crippen molar-refractivity contribution in [3.8, 4) is 0 Å². The minimum absolute atomic E-state index is 0.284. The van der Waals surface area contributed by atoms with Gasteiger partial charge in [-0.2, -0.15) is 0 Å². The minimum atomic E-state index is -0.597. The molecule has 0 aromatic heterocycles. The van der Waals surface area contributed by atoms with E-state index >= 15 is 0 Å². The summed E-state index contributed by atoms with van der Waals surface area (Å²) in [4.78, 5) is 13.6. The summed E-state index contributed by atoms with van der Waals surface area (Å²) in [5.41, 5.74) is -0.144. The van der Waals surface area contributed by atoms with Gasteiger partial charge in [-0.3, -0.25) is 0 Å². The monoisotopic (exact) mass is 328 g/mol. The Bertz CT molecular complexity index is 530. The van der Waals surface area contributed by atoms with Crippen LogP contribution in [0, 0.1) is 11.6 Å². The van der Waals surface area contributed by atoms with Crippen LogP contribution in [0.3, 0.4) is 0 Å². The van der Waals surface area contributed by atoms with Gasteiger partial charge in [0.05, 0.1) is 0 Å². The van der Waals surface area contributed by atoms with Gasteiger partial charge >= 0.3 is 6.09 Å². The first kappa shape index (κ1) is 19.4. The molecule has 0 saturated heterocycles. The third-order valence-electron chi connectivity index (χ3n) is 3.29. The van der Waals surface area contributed by atoms with Crippen LogP contribution < -0.4 is 5.32 Å². The summed E-state index contributed by atoms with van der Waals surface area (Å²) < 4.78 is 31.9. The molecule has 0 spiro atoms. The largest absolute Gasteiger partial charge is 0.444 e.